The fraction of sp³-hybridized carbons (Fsp3) is 0.421. The highest BCUT2D eigenvalue weighted by atomic mass is 16.5. The van der Waals surface area contributed by atoms with Crippen molar-refractivity contribution in [1.82, 2.24) is 15.5 Å². The van der Waals surface area contributed by atoms with E-state index in [9.17, 15) is 4.79 Å². The summed E-state index contributed by atoms with van der Waals surface area (Å²) in [5.41, 5.74) is 3.59. The van der Waals surface area contributed by atoms with Gasteiger partial charge in [-0.25, -0.2) is 4.79 Å². The van der Waals surface area contributed by atoms with Crippen molar-refractivity contribution < 1.29 is 9.53 Å². The Labute approximate surface area is 147 Å². The van der Waals surface area contributed by atoms with E-state index in [-0.39, 0.29) is 12.1 Å². The molecule has 4 rings (SSSR count). The predicted molar refractivity (Wildman–Crippen MR) is 94.5 cm³/mol. The molecule has 1 aliphatic heterocycles. The summed E-state index contributed by atoms with van der Waals surface area (Å²) in [5.74, 6) is 1.04. The molecule has 2 amide bonds. The first-order valence-electron chi connectivity index (χ1n) is 8.87. The van der Waals surface area contributed by atoms with Gasteiger partial charge >= 0.3 is 6.03 Å². The molecule has 2 N–H and O–H groups in total. The van der Waals surface area contributed by atoms with Crippen molar-refractivity contribution in [2.24, 2.45) is 0 Å². The number of benzene rings is 1. The van der Waals surface area contributed by atoms with E-state index in [1.807, 2.05) is 12.1 Å². The molecule has 0 bridgehead atoms. The van der Waals surface area contributed by atoms with E-state index in [4.69, 9.17) is 4.74 Å². The second-order valence-corrected chi connectivity index (χ2v) is 6.60. The number of hydrogen-bond acceptors (Lipinski definition) is 4. The Morgan fingerprint density at radius 3 is 2.84 bits per heavy atom. The van der Waals surface area contributed by atoms with Gasteiger partial charge in [-0.05, 0) is 48.9 Å². The standard InChI is InChI=1S/C19H22N4O2/c24-19(21-18-8-7-16(22-23-18)14-5-6-14)20-11-9-17-15-4-2-1-3-13(15)10-12-25-17/h1-4,7-8,14,17H,5-6,9-12H2,(H2,20,21,23,24). The summed E-state index contributed by atoms with van der Waals surface area (Å²) in [6.07, 6.45) is 4.12. The topological polar surface area (TPSA) is 76.1 Å². The molecular formula is C19H22N4O2. The van der Waals surface area contributed by atoms with Crippen molar-refractivity contribution >= 4 is 11.8 Å². The number of fused-ring (bicyclic) bond motifs is 1. The molecule has 1 atom stereocenters. The van der Waals surface area contributed by atoms with E-state index in [1.165, 1.54) is 24.0 Å². The molecule has 2 aliphatic rings. The predicted octanol–water partition coefficient (Wildman–Crippen LogP) is 3.18. The average Bonchev–Trinajstić information content (AvgIpc) is 3.48. The lowest BCUT2D eigenvalue weighted by Gasteiger charge is -2.26. The van der Waals surface area contributed by atoms with Gasteiger partial charge in [0.15, 0.2) is 5.82 Å². The van der Waals surface area contributed by atoms with Crippen LogP contribution in [0.1, 0.15) is 48.1 Å². The molecule has 2 aromatic rings. The van der Waals surface area contributed by atoms with Crippen LogP contribution in [-0.4, -0.2) is 29.4 Å². The summed E-state index contributed by atoms with van der Waals surface area (Å²) < 4.78 is 5.85. The highest BCUT2D eigenvalue weighted by Crippen LogP contribution is 2.38. The summed E-state index contributed by atoms with van der Waals surface area (Å²) in [6.45, 7) is 1.27. The molecule has 0 radical (unpaired) electrons. The molecule has 0 saturated heterocycles. The number of amides is 2. The zero-order chi connectivity index (χ0) is 17.1. The summed E-state index contributed by atoms with van der Waals surface area (Å²) in [6, 6.07) is 11.8. The zero-order valence-electron chi connectivity index (χ0n) is 14.1. The monoisotopic (exact) mass is 338 g/mol. The molecule has 0 spiro atoms. The van der Waals surface area contributed by atoms with E-state index < -0.39 is 0 Å². The lowest BCUT2D eigenvalue weighted by atomic mass is 9.96. The van der Waals surface area contributed by atoms with Crippen LogP contribution in [0, 0.1) is 0 Å². The normalized spacial score (nSPS) is 19.1. The lowest BCUT2D eigenvalue weighted by molar-refractivity contribution is 0.0373. The number of nitrogens with one attached hydrogen (secondary N) is 2. The number of hydrogen-bond donors (Lipinski definition) is 2. The molecule has 1 unspecified atom stereocenters. The third-order valence-electron chi connectivity index (χ3n) is 4.71. The van der Waals surface area contributed by atoms with Crippen LogP contribution in [0.25, 0.3) is 0 Å². The first kappa shape index (κ1) is 16.0. The van der Waals surface area contributed by atoms with Gasteiger partial charge in [0.05, 0.1) is 18.4 Å². The smallest absolute Gasteiger partial charge is 0.320 e. The molecule has 6 heteroatoms. The quantitative estimate of drug-likeness (QED) is 0.878. The molecule has 1 fully saturated rings. The van der Waals surface area contributed by atoms with Crippen LogP contribution >= 0.6 is 0 Å². The van der Waals surface area contributed by atoms with Crippen LogP contribution < -0.4 is 10.6 Å². The van der Waals surface area contributed by atoms with Gasteiger partial charge in [0, 0.05) is 12.5 Å². The van der Waals surface area contributed by atoms with Gasteiger partial charge in [-0.2, -0.15) is 5.10 Å². The summed E-state index contributed by atoms with van der Waals surface area (Å²) in [7, 11) is 0. The Kier molecular flexibility index (Phi) is 4.61. The van der Waals surface area contributed by atoms with Crippen molar-refractivity contribution in [2.75, 3.05) is 18.5 Å². The second-order valence-electron chi connectivity index (χ2n) is 6.60. The minimum Gasteiger partial charge on any atom is -0.373 e. The molecule has 1 aliphatic carbocycles. The molecule has 1 saturated carbocycles. The molecular weight excluding hydrogens is 316 g/mol. The molecule has 1 aromatic carbocycles. The Morgan fingerprint density at radius 2 is 2.04 bits per heavy atom. The van der Waals surface area contributed by atoms with Gasteiger partial charge in [-0.3, -0.25) is 5.32 Å². The van der Waals surface area contributed by atoms with E-state index in [2.05, 4.69) is 39.0 Å². The second kappa shape index (κ2) is 7.19. The van der Waals surface area contributed by atoms with Crippen LogP contribution in [0.15, 0.2) is 36.4 Å². The fourth-order valence-corrected chi connectivity index (χ4v) is 3.20. The highest BCUT2D eigenvalue weighted by Gasteiger charge is 2.25. The number of nitrogens with zero attached hydrogens (tertiary/aromatic N) is 2. The number of ether oxygens (including phenoxy) is 1. The van der Waals surface area contributed by atoms with Crippen LogP contribution in [-0.2, 0) is 11.2 Å². The van der Waals surface area contributed by atoms with Gasteiger partial charge < -0.3 is 10.1 Å². The van der Waals surface area contributed by atoms with Crippen LogP contribution in [0.4, 0.5) is 10.6 Å². The first-order chi connectivity index (χ1) is 12.3. The average molecular weight is 338 g/mol. The molecule has 2 heterocycles. The molecule has 1 aromatic heterocycles. The third-order valence-corrected chi connectivity index (χ3v) is 4.71. The van der Waals surface area contributed by atoms with E-state index in [1.54, 1.807) is 6.07 Å². The number of rotatable bonds is 5. The van der Waals surface area contributed by atoms with Gasteiger partial charge in [0.1, 0.15) is 0 Å². The minimum absolute atomic E-state index is 0.0443. The number of anilines is 1. The summed E-state index contributed by atoms with van der Waals surface area (Å²) >= 11 is 0. The molecule has 25 heavy (non-hydrogen) atoms. The van der Waals surface area contributed by atoms with Crippen molar-refractivity contribution in [3.8, 4) is 0 Å². The Balaban J connectivity index is 1.25. The van der Waals surface area contributed by atoms with Crippen LogP contribution in [0.2, 0.25) is 0 Å². The number of urea groups is 1. The maximum absolute atomic E-state index is 12.0. The van der Waals surface area contributed by atoms with Crippen molar-refractivity contribution in [3.63, 3.8) is 0 Å². The van der Waals surface area contributed by atoms with E-state index in [0.29, 0.717) is 18.3 Å². The first-order valence-corrected chi connectivity index (χ1v) is 8.87. The minimum atomic E-state index is -0.266. The largest absolute Gasteiger partial charge is 0.373 e. The molecule has 6 nitrogen and oxygen atoms in total. The van der Waals surface area contributed by atoms with Crippen molar-refractivity contribution in [2.45, 2.75) is 37.7 Å². The van der Waals surface area contributed by atoms with E-state index in [0.717, 1.165) is 25.1 Å². The van der Waals surface area contributed by atoms with Crippen molar-refractivity contribution in [3.05, 3.63) is 53.2 Å². The zero-order valence-corrected chi connectivity index (χ0v) is 14.1. The SMILES string of the molecule is O=C(NCCC1OCCc2ccccc21)Nc1ccc(C2CC2)nn1. The maximum Gasteiger partial charge on any atom is 0.320 e. The van der Waals surface area contributed by atoms with Crippen molar-refractivity contribution in [1.29, 1.82) is 0 Å². The summed E-state index contributed by atoms with van der Waals surface area (Å²) in [5, 5.41) is 13.8. The van der Waals surface area contributed by atoms with Crippen LogP contribution in [0.3, 0.4) is 0 Å². The number of carbonyl (C=O) groups excluding carboxylic acids is 1. The Hall–Kier alpha value is -2.47. The van der Waals surface area contributed by atoms with Gasteiger partial charge in [-0.1, -0.05) is 24.3 Å². The van der Waals surface area contributed by atoms with E-state index >= 15 is 0 Å². The fourth-order valence-electron chi connectivity index (χ4n) is 3.20. The van der Waals surface area contributed by atoms with Gasteiger partial charge in [0.2, 0.25) is 0 Å². The summed E-state index contributed by atoms with van der Waals surface area (Å²) in [4.78, 5) is 12.0. The Morgan fingerprint density at radius 1 is 1.16 bits per heavy atom. The third kappa shape index (κ3) is 3.96. The number of carbonyl (C=O) groups is 1. The molecule has 130 valence electrons. The number of aromatic nitrogens is 2. The van der Waals surface area contributed by atoms with Crippen LogP contribution in [0.5, 0.6) is 0 Å². The maximum atomic E-state index is 12.0. The van der Waals surface area contributed by atoms with Gasteiger partial charge in [0.25, 0.3) is 0 Å². The lowest BCUT2D eigenvalue weighted by Crippen LogP contribution is -2.31. The highest BCUT2D eigenvalue weighted by molar-refractivity contribution is 5.88. The Bertz CT molecular complexity index is 743. The van der Waals surface area contributed by atoms with Gasteiger partial charge in [-0.15, -0.1) is 5.10 Å².